The molecule has 1 N–H and O–H groups in total. The van der Waals surface area contributed by atoms with E-state index in [0.717, 1.165) is 25.8 Å². The Morgan fingerprint density at radius 1 is 1.21 bits per heavy atom. The minimum atomic E-state index is -2.80. The van der Waals surface area contributed by atoms with Crippen molar-refractivity contribution < 1.29 is 8.42 Å². The molecule has 0 spiro atoms. The summed E-state index contributed by atoms with van der Waals surface area (Å²) in [6.45, 7) is 6.97. The predicted molar refractivity (Wildman–Crippen MR) is 61.3 cm³/mol. The standard InChI is InChI=1S/C10H23NO2S/c1-4-6-8-14(12,13)9-7-10(3)11-5-2/h10-11H,4-9H2,1-3H3. The molecule has 0 aliphatic rings. The lowest BCUT2D eigenvalue weighted by Gasteiger charge is -2.11. The Morgan fingerprint density at radius 2 is 1.86 bits per heavy atom. The van der Waals surface area contributed by atoms with E-state index in [1.54, 1.807) is 0 Å². The van der Waals surface area contributed by atoms with Crippen LogP contribution < -0.4 is 5.32 Å². The lowest BCUT2D eigenvalue weighted by atomic mass is 10.3. The van der Waals surface area contributed by atoms with E-state index in [1.165, 1.54) is 0 Å². The molecule has 0 aromatic carbocycles. The zero-order valence-electron chi connectivity index (χ0n) is 9.54. The lowest BCUT2D eigenvalue weighted by molar-refractivity contribution is 0.540. The molecular formula is C10H23NO2S. The highest BCUT2D eigenvalue weighted by molar-refractivity contribution is 7.91. The van der Waals surface area contributed by atoms with E-state index in [2.05, 4.69) is 5.32 Å². The van der Waals surface area contributed by atoms with Crippen molar-refractivity contribution in [3.05, 3.63) is 0 Å². The molecule has 0 aliphatic heterocycles. The minimum Gasteiger partial charge on any atom is -0.314 e. The van der Waals surface area contributed by atoms with E-state index in [1.807, 2.05) is 20.8 Å². The van der Waals surface area contributed by atoms with Crippen LogP contribution in [0, 0.1) is 0 Å². The molecular weight excluding hydrogens is 198 g/mol. The fourth-order valence-electron chi connectivity index (χ4n) is 1.27. The van der Waals surface area contributed by atoms with Crippen molar-refractivity contribution in [2.45, 2.75) is 46.1 Å². The monoisotopic (exact) mass is 221 g/mol. The first kappa shape index (κ1) is 13.9. The van der Waals surface area contributed by atoms with Crippen LogP contribution in [0.15, 0.2) is 0 Å². The fraction of sp³-hybridized carbons (Fsp3) is 1.00. The van der Waals surface area contributed by atoms with Gasteiger partial charge in [0.05, 0.1) is 11.5 Å². The number of rotatable bonds is 8. The normalized spacial score (nSPS) is 14.2. The second kappa shape index (κ2) is 7.23. The van der Waals surface area contributed by atoms with Crippen molar-refractivity contribution in [2.24, 2.45) is 0 Å². The summed E-state index contributed by atoms with van der Waals surface area (Å²) in [6.07, 6.45) is 2.46. The Bertz CT molecular complexity index is 224. The third-order valence-electron chi connectivity index (χ3n) is 2.22. The molecule has 1 atom stereocenters. The molecule has 0 rings (SSSR count). The number of sulfone groups is 1. The van der Waals surface area contributed by atoms with Gasteiger partial charge in [0.2, 0.25) is 0 Å². The molecule has 0 aliphatic carbocycles. The summed E-state index contributed by atoms with van der Waals surface area (Å²) < 4.78 is 22.9. The van der Waals surface area contributed by atoms with Gasteiger partial charge in [0.15, 0.2) is 0 Å². The SMILES string of the molecule is CCCCS(=O)(=O)CCC(C)NCC. The average molecular weight is 221 g/mol. The van der Waals surface area contributed by atoms with Gasteiger partial charge in [-0.3, -0.25) is 0 Å². The van der Waals surface area contributed by atoms with Gasteiger partial charge in [-0.15, -0.1) is 0 Å². The van der Waals surface area contributed by atoms with Crippen molar-refractivity contribution in [3.63, 3.8) is 0 Å². The fourth-order valence-corrected chi connectivity index (χ4v) is 2.92. The van der Waals surface area contributed by atoms with Crippen LogP contribution in [0.25, 0.3) is 0 Å². The van der Waals surface area contributed by atoms with Gasteiger partial charge in [-0.25, -0.2) is 8.42 Å². The van der Waals surface area contributed by atoms with Crippen LogP contribution in [0.4, 0.5) is 0 Å². The highest BCUT2D eigenvalue weighted by atomic mass is 32.2. The molecule has 86 valence electrons. The van der Waals surface area contributed by atoms with Crippen molar-refractivity contribution in [1.82, 2.24) is 5.32 Å². The first-order valence-electron chi connectivity index (χ1n) is 5.45. The van der Waals surface area contributed by atoms with Gasteiger partial charge in [0.1, 0.15) is 9.84 Å². The van der Waals surface area contributed by atoms with Gasteiger partial charge in [0, 0.05) is 6.04 Å². The first-order chi connectivity index (χ1) is 6.52. The number of hydrogen-bond acceptors (Lipinski definition) is 3. The molecule has 0 saturated carbocycles. The van der Waals surface area contributed by atoms with Crippen LogP contribution in [0.3, 0.4) is 0 Å². The van der Waals surface area contributed by atoms with Crippen LogP contribution in [0.2, 0.25) is 0 Å². The van der Waals surface area contributed by atoms with E-state index in [-0.39, 0.29) is 0 Å². The highest BCUT2D eigenvalue weighted by Crippen LogP contribution is 2.01. The summed E-state index contributed by atoms with van der Waals surface area (Å²) in [5.74, 6) is 0.670. The van der Waals surface area contributed by atoms with Gasteiger partial charge < -0.3 is 5.32 Å². The van der Waals surface area contributed by atoms with Gasteiger partial charge in [-0.2, -0.15) is 0 Å². The van der Waals surface area contributed by atoms with Crippen molar-refractivity contribution in [1.29, 1.82) is 0 Å². The second-order valence-electron chi connectivity index (χ2n) is 3.75. The maximum absolute atomic E-state index is 11.5. The summed E-state index contributed by atoms with van der Waals surface area (Å²) in [6, 6.07) is 0.302. The molecule has 0 heterocycles. The van der Waals surface area contributed by atoms with Crippen molar-refractivity contribution >= 4 is 9.84 Å². The summed E-state index contributed by atoms with van der Waals surface area (Å²) in [5, 5.41) is 3.21. The summed E-state index contributed by atoms with van der Waals surface area (Å²) in [4.78, 5) is 0. The molecule has 0 bridgehead atoms. The Hall–Kier alpha value is -0.0900. The summed E-state index contributed by atoms with van der Waals surface area (Å²) in [7, 11) is -2.80. The zero-order chi connectivity index (χ0) is 11.0. The molecule has 0 radical (unpaired) electrons. The van der Waals surface area contributed by atoms with Crippen LogP contribution in [-0.4, -0.2) is 32.5 Å². The molecule has 0 amide bonds. The predicted octanol–water partition coefficient (Wildman–Crippen LogP) is 1.59. The van der Waals surface area contributed by atoms with Crippen LogP contribution >= 0.6 is 0 Å². The topological polar surface area (TPSA) is 46.2 Å². The van der Waals surface area contributed by atoms with E-state index in [4.69, 9.17) is 0 Å². The van der Waals surface area contributed by atoms with Crippen molar-refractivity contribution in [3.8, 4) is 0 Å². The van der Waals surface area contributed by atoms with E-state index >= 15 is 0 Å². The summed E-state index contributed by atoms with van der Waals surface area (Å²) in [5.41, 5.74) is 0. The summed E-state index contributed by atoms with van der Waals surface area (Å²) >= 11 is 0. The Labute approximate surface area is 88.2 Å². The third-order valence-corrected chi connectivity index (χ3v) is 3.99. The average Bonchev–Trinajstić information content (AvgIpc) is 2.13. The number of unbranched alkanes of at least 4 members (excludes halogenated alkanes) is 1. The molecule has 3 nitrogen and oxygen atoms in total. The largest absolute Gasteiger partial charge is 0.314 e. The number of hydrogen-bond donors (Lipinski definition) is 1. The Balaban J connectivity index is 3.75. The van der Waals surface area contributed by atoms with Gasteiger partial charge in [-0.1, -0.05) is 20.3 Å². The van der Waals surface area contributed by atoms with Crippen LogP contribution in [0.5, 0.6) is 0 Å². The molecule has 0 fully saturated rings. The zero-order valence-corrected chi connectivity index (χ0v) is 10.4. The van der Waals surface area contributed by atoms with Gasteiger partial charge >= 0.3 is 0 Å². The molecule has 4 heteroatoms. The number of nitrogens with one attached hydrogen (secondary N) is 1. The molecule has 14 heavy (non-hydrogen) atoms. The first-order valence-corrected chi connectivity index (χ1v) is 7.27. The molecule has 1 unspecified atom stereocenters. The second-order valence-corrected chi connectivity index (χ2v) is 6.06. The van der Waals surface area contributed by atoms with Crippen LogP contribution in [-0.2, 0) is 9.84 Å². The smallest absolute Gasteiger partial charge is 0.150 e. The maximum Gasteiger partial charge on any atom is 0.150 e. The Kier molecular flexibility index (Phi) is 7.19. The highest BCUT2D eigenvalue weighted by Gasteiger charge is 2.11. The van der Waals surface area contributed by atoms with Gasteiger partial charge in [-0.05, 0) is 26.3 Å². The minimum absolute atomic E-state index is 0.302. The molecule has 0 aromatic rings. The van der Waals surface area contributed by atoms with E-state index < -0.39 is 9.84 Å². The van der Waals surface area contributed by atoms with Gasteiger partial charge in [0.25, 0.3) is 0 Å². The molecule has 0 saturated heterocycles. The van der Waals surface area contributed by atoms with E-state index in [9.17, 15) is 8.42 Å². The van der Waals surface area contributed by atoms with E-state index in [0.29, 0.717) is 17.5 Å². The third kappa shape index (κ3) is 7.33. The lowest BCUT2D eigenvalue weighted by Crippen LogP contribution is -2.28. The molecule has 0 aromatic heterocycles. The quantitative estimate of drug-likeness (QED) is 0.677. The Morgan fingerprint density at radius 3 is 2.36 bits per heavy atom. The van der Waals surface area contributed by atoms with Crippen LogP contribution in [0.1, 0.15) is 40.0 Å². The van der Waals surface area contributed by atoms with Crippen molar-refractivity contribution in [2.75, 3.05) is 18.1 Å². The maximum atomic E-state index is 11.5.